The number of carbonyl (C=O) groups is 1. The van der Waals surface area contributed by atoms with E-state index in [0.29, 0.717) is 31.2 Å². The third-order valence-corrected chi connectivity index (χ3v) is 3.60. The van der Waals surface area contributed by atoms with Crippen molar-refractivity contribution in [3.8, 4) is 11.5 Å². The predicted molar refractivity (Wildman–Crippen MR) is 83.5 cm³/mol. The van der Waals surface area contributed by atoms with Crippen LogP contribution in [0.4, 0.5) is 4.79 Å². The van der Waals surface area contributed by atoms with Crippen LogP contribution < -0.4 is 14.8 Å². The van der Waals surface area contributed by atoms with E-state index in [4.69, 9.17) is 14.2 Å². The highest BCUT2D eigenvalue weighted by Crippen LogP contribution is 2.25. The minimum atomic E-state index is -0.112. The van der Waals surface area contributed by atoms with Gasteiger partial charge in [-0.05, 0) is 25.0 Å². The van der Waals surface area contributed by atoms with Crippen molar-refractivity contribution in [1.29, 1.82) is 0 Å². The first-order valence-corrected chi connectivity index (χ1v) is 7.57. The molecule has 1 N–H and O–H groups in total. The number of carbonyl (C=O) groups excluding carboxylic acids is 1. The summed E-state index contributed by atoms with van der Waals surface area (Å²) in [4.78, 5) is 13.5. The minimum absolute atomic E-state index is 0.112. The van der Waals surface area contributed by atoms with Crippen LogP contribution in [0.3, 0.4) is 0 Å². The highest BCUT2D eigenvalue weighted by Gasteiger charge is 2.17. The number of methoxy groups -OCH3 is 1. The largest absolute Gasteiger partial charge is 0.493 e. The lowest BCUT2D eigenvalue weighted by atomic mass is 10.2. The topological polar surface area (TPSA) is 60.0 Å². The van der Waals surface area contributed by atoms with Crippen molar-refractivity contribution < 1.29 is 19.0 Å². The summed E-state index contributed by atoms with van der Waals surface area (Å²) in [6.45, 7) is 2.26. The second-order valence-corrected chi connectivity index (χ2v) is 5.24. The highest BCUT2D eigenvalue weighted by molar-refractivity contribution is 5.73. The molecule has 1 aromatic rings. The van der Waals surface area contributed by atoms with Crippen molar-refractivity contribution in [2.75, 3.05) is 40.5 Å². The Labute approximate surface area is 131 Å². The lowest BCUT2D eigenvalue weighted by Crippen LogP contribution is -2.42. The molecular weight excluding hydrogens is 284 g/mol. The molecule has 1 aliphatic rings. The molecule has 6 nitrogen and oxygen atoms in total. The maximum atomic E-state index is 11.9. The van der Waals surface area contributed by atoms with Crippen LogP contribution in [0.15, 0.2) is 24.3 Å². The number of amides is 2. The molecule has 1 heterocycles. The van der Waals surface area contributed by atoms with E-state index in [1.165, 1.54) is 0 Å². The van der Waals surface area contributed by atoms with Gasteiger partial charge in [0, 0.05) is 20.2 Å². The van der Waals surface area contributed by atoms with Gasteiger partial charge < -0.3 is 24.4 Å². The Morgan fingerprint density at radius 3 is 2.86 bits per heavy atom. The number of nitrogens with zero attached hydrogens (tertiary/aromatic N) is 1. The van der Waals surface area contributed by atoms with E-state index in [1.54, 1.807) is 19.1 Å². The summed E-state index contributed by atoms with van der Waals surface area (Å²) in [6.07, 6.45) is 2.24. The van der Waals surface area contributed by atoms with E-state index in [9.17, 15) is 4.79 Å². The van der Waals surface area contributed by atoms with Crippen molar-refractivity contribution in [3.63, 3.8) is 0 Å². The molecule has 0 radical (unpaired) electrons. The first-order chi connectivity index (χ1) is 10.7. The number of benzene rings is 1. The molecule has 0 aliphatic carbocycles. The molecule has 22 heavy (non-hydrogen) atoms. The lowest BCUT2D eigenvalue weighted by molar-refractivity contribution is 0.109. The van der Waals surface area contributed by atoms with E-state index in [2.05, 4.69) is 5.32 Å². The third-order valence-electron chi connectivity index (χ3n) is 3.60. The summed E-state index contributed by atoms with van der Waals surface area (Å²) in [5, 5.41) is 2.88. The Balaban J connectivity index is 1.68. The maximum Gasteiger partial charge on any atom is 0.317 e. The van der Waals surface area contributed by atoms with Gasteiger partial charge in [-0.3, -0.25) is 0 Å². The second-order valence-electron chi connectivity index (χ2n) is 5.24. The van der Waals surface area contributed by atoms with Crippen LogP contribution in [0.5, 0.6) is 11.5 Å². The van der Waals surface area contributed by atoms with Crippen LogP contribution >= 0.6 is 0 Å². The van der Waals surface area contributed by atoms with Gasteiger partial charge in [0.15, 0.2) is 11.5 Å². The van der Waals surface area contributed by atoms with E-state index >= 15 is 0 Å². The molecule has 0 bridgehead atoms. The van der Waals surface area contributed by atoms with Gasteiger partial charge >= 0.3 is 6.03 Å². The Morgan fingerprint density at radius 1 is 1.41 bits per heavy atom. The first kappa shape index (κ1) is 16.4. The standard InChI is InChI=1S/C16H24N2O4/c1-18(16(19)17-12-13-6-5-10-21-13)9-11-22-15-8-4-3-7-14(15)20-2/h3-4,7-8,13H,5-6,9-12H2,1-2H3,(H,17,19). The molecule has 0 spiro atoms. The Kier molecular flexibility index (Phi) is 6.33. The molecule has 1 saturated heterocycles. The highest BCUT2D eigenvalue weighted by atomic mass is 16.5. The van der Waals surface area contributed by atoms with Crippen molar-refractivity contribution in [3.05, 3.63) is 24.3 Å². The van der Waals surface area contributed by atoms with Gasteiger partial charge in [-0.25, -0.2) is 4.79 Å². The number of urea groups is 1. The summed E-state index contributed by atoms with van der Waals surface area (Å²) in [7, 11) is 3.35. The number of likely N-dealkylation sites (N-methyl/N-ethyl adjacent to an activating group) is 1. The zero-order valence-corrected chi connectivity index (χ0v) is 13.2. The van der Waals surface area contributed by atoms with E-state index in [-0.39, 0.29) is 12.1 Å². The van der Waals surface area contributed by atoms with Crippen LogP contribution in [0, 0.1) is 0 Å². The number of ether oxygens (including phenoxy) is 3. The summed E-state index contributed by atoms with van der Waals surface area (Å²) < 4.78 is 16.3. The number of nitrogens with one attached hydrogen (secondary N) is 1. The van der Waals surface area contributed by atoms with Gasteiger partial charge in [-0.2, -0.15) is 0 Å². The molecule has 1 aliphatic heterocycles. The molecule has 6 heteroatoms. The Morgan fingerprint density at radius 2 is 2.18 bits per heavy atom. The van der Waals surface area contributed by atoms with Crippen LogP contribution in [-0.2, 0) is 4.74 Å². The molecule has 2 amide bonds. The summed E-state index contributed by atoms with van der Waals surface area (Å²) in [5.41, 5.74) is 0. The quantitative estimate of drug-likeness (QED) is 0.836. The van der Waals surface area contributed by atoms with Crippen LogP contribution in [0.2, 0.25) is 0 Å². The molecule has 1 fully saturated rings. The fraction of sp³-hybridized carbons (Fsp3) is 0.562. The van der Waals surface area contributed by atoms with E-state index in [1.807, 2.05) is 24.3 Å². The molecule has 0 aromatic heterocycles. The van der Waals surface area contributed by atoms with Crippen LogP contribution in [0.25, 0.3) is 0 Å². The van der Waals surface area contributed by atoms with Crippen molar-refractivity contribution >= 4 is 6.03 Å². The Hall–Kier alpha value is -1.95. The zero-order valence-electron chi connectivity index (χ0n) is 13.2. The first-order valence-electron chi connectivity index (χ1n) is 7.57. The molecule has 2 rings (SSSR count). The van der Waals surface area contributed by atoms with Gasteiger partial charge in [0.05, 0.1) is 19.8 Å². The number of rotatable bonds is 7. The molecule has 1 aromatic carbocycles. The minimum Gasteiger partial charge on any atom is -0.493 e. The van der Waals surface area contributed by atoms with Gasteiger partial charge in [0.1, 0.15) is 6.61 Å². The zero-order chi connectivity index (χ0) is 15.8. The Bertz CT molecular complexity index is 475. The van der Waals surface area contributed by atoms with E-state index in [0.717, 1.165) is 19.4 Å². The fourth-order valence-corrected chi connectivity index (χ4v) is 2.27. The molecule has 1 atom stereocenters. The summed E-state index contributed by atoms with van der Waals surface area (Å²) >= 11 is 0. The van der Waals surface area contributed by atoms with Gasteiger partial charge in [0.2, 0.25) is 0 Å². The van der Waals surface area contributed by atoms with Crippen molar-refractivity contribution in [1.82, 2.24) is 10.2 Å². The smallest absolute Gasteiger partial charge is 0.317 e. The summed E-state index contributed by atoms with van der Waals surface area (Å²) in [6, 6.07) is 7.34. The van der Waals surface area contributed by atoms with Gasteiger partial charge in [-0.15, -0.1) is 0 Å². The third kappa shape index (κ3) is 4.80. The number of para-hydroxylation sites is 2. The van der Waals surface area contributed by atoms with Crippen LogP contribution in [-0.4, -0.2) is 57.5 Å². The average Bonchev–Trinajstić information content (AvgIpc) is 3.06. The fourth-order valence-electron chi connectivity index (χ4n) is 2.27. The second kappa shape index (κ2) is 8.48. The van der Waals surface area contributed by atoms with Crippen molar-refractivity contribution in [2.24, 2.45) is 0 Å². The van der Waals surface area contributed by atoms with E-state index < -0.39 is 0 Å². The lowest BCUT2D eigenvalue weighted by Gasteiger charge is -2.20. The summed E-state index contributed by atoms with van der Waals surface area (Å²) in [5.74, 6) is 1.37. The van der Waals surface area contributed by atoms with Crippen molar-refractivity contribution in [2.45, 2.75) is 18.9 Å². The average molecular weight is 308 g/mol. The van der Waals surface area contributed by atoms with Gasteiger partial charge in [0.25, 0.3) is 0 Å². The SMILES string of the molecule is COc1ccccc1OCCN(C)C(=O)NCC1CCCO1. The predicted octanol–water partition coefficient (Wildman–Crippen LogP) is 1.89. The number of hydrogen-bond donors (Lipinski definition) is 1. The number of hydrogen-bond acceptors (Lipinski definition) is 4. The molecule has 1 unspecified atom stereocenters. The normalized spacial score (nSPS) is 17.1. The monoisotopic (exact) mass is 308 g/mol. The molecule has 0 saturated carbocycles. The van der Waals surface area contributed by atoms with Gasteiger partial charge in [-0.1, -0.05) is 12.1 Å². The molecule has 122 valence electrons. The van der Waals surface area contributed by atoms with Crippen LogP contribution in [0.1, 0.15) is 12.8 Å². The molecular formula is C16H24N2O4. The maximum absolute atomic E-state index is 11.9.